The summed E-state index contributed by atoms with van der Waals surface area (Å²) >= 11 is 0. The summed E-state index contributed by atoms with van der Waals surface area (Å²) < 4.78 is 40.2. The molecule has 5 nitrogen and oxygen atoms in total. The van der Waals surface area contributed by atoms with Crippen LogP contribution in [0, 0.1) is 0 Å². The van der Waals surface area contributed by atoms with Crippen LogP contribution < -0.4 is 5.43 Å². The summed E-state index contributed by atoms with van der Waals surface area (Å²) in [5, 5.41) is 4.26. The number of hydrogen-bond donors (Lipinski definition) is 1. The minimum absolute atomic E-state index is 0.0660. The first-order valence-corrected chi connectivity index (χ1v) is 8.30. The molecule has 2 aromatic heterocycles. The van der Waals surface area contributed by atoms with E-state index in [1.165, 1.54) is 35.4 Å². The summed E-state index contributed by atoms with van der Waals surface area (Å²) in [6.45, 7) is 0. The molecule has 0 radical (unpaired) electrons. The molecule has 0 saturated heterocycles. The van der Waals surface area contributed by atoms with Crippen molar-refractivity contribution in [2.45, 2.75) is 6.18 Å². The van der Waals surface area contributed by atoms with Crippen LogP contribution in [0.15, 0.2) is 78.0 Å². The lowest BCUT2D eigenvalue weighted by molar-refractivity contribution is -0.137. The zero-order chi connectivity index (χ0) is 19.7. The number of hydrogen-bond acceptors (Lipinski definition) is 3. The molecule has 0 amide bonds. The largest absolute Gasteiger partial charge is 0.416 e. The maximum absolute atomic E-state index is 13.0. The summed E-state index contributed by atoms with van der Waals surface area (Å²) in [6.07, 6.45) is -1.69. The Morgan fingerprint density at radius 2 is 1.71 bits per heavy atom. The van der Waals surface area contributed by atoms with Crippen LogP contribution in [0.1, 0.15) is 5.56 Å². The predicted molar refractivity (Wildman–Crippen MR) is 97.9 cm³/mol. The van der Waals surface area contributed by atoms with Crippen molar-refractivity contribution in [1.29, 1.82) is 0 Å². The molecule has 0 aliphatic rings. The van der Waals surface area contributed by atoms with Gasteiger partial charge in [-0.2, -0.15) is 18.3 Å². The monoisotopic (exact) mass is 382 g/mol. The van der Waals surface area contributed by atoms with Crippen LogP contribution >= 0.6 is 0 Å². The van der Waals surface area contributed by atoms with Crippen LogP contribution in [-0.4, -0.2) is 19.7 Å². The Bertz CT molecular complexity index is 1180. The van der Waals surface area contributed by atoms with Crippen LogP contribution in [0.2, 0.25) is 0 Å². The molecule has 0 unspecified atom stereocenters. The molecule has 0 spiro atoms. The van der Waals surface area contributed by atoms with Crippen molar-refractivity contribution < 1.29 is 13.2 Å². The lowest BCUT2D eigenvalue weighted by Gasteiger charge is -2.11. The normalized spacial score (nSPS) is 11.5. The van der Waals surface area contributed by atoms with Crippen LogP contribution in [-0.2, 0) is 6.18 Å². The molecule has 1 N–H and O–H groups in total. The van der Waals surface area contributed by atoms with Crippen LogP contribution in [0.4, 0.5) is 13.2 Å². The van der Waals surface area contributed by atoms with Gasteiger partial charge in [-0.25, -0.2) is 9.67 Å². The fourth-order valence-electron chi connectivity index (χ4n) is 2.84. The van der Waals surface area contributed by atoms with Crippen molar-refractivity contribution in [2.75, 3.05) is 0 Å². The van der Waals surface area contributed by atoms with E-state index in [0.29, 0.717) is 11.4 Å². The van der Waals surface area contributed by atoms with E-state index in [2.05, 4.69) is 15.1 Å². The minimum Gasteiger partial charge on any atom is -0.343 e. The van der Waals surface area contributed by atoms with Crippen molar-refractivity contribution in [2.24, 2.45) is 0 Å². The third-order valence-corrected chi connectivity index (χ3v) is 4.17. The summed E-state index contributed by atoms with van der Waals surface area (Å²) in [5.41, 5.74) is 0.815. The molecule has 0 fully saturated rings. The quantitative estimate of drug-likeness (QED) is 0.574. The summed E-state index contributed by atoms with van der Waals surface area (Å²) in [5.74, 6) is 0. The summed E-state index contributed by atoms with van der Waals surface area (Å²) in [7, 11) is 0. The molecule has 0 aliphatic carbocycles. The van der Waals surface area contributed by atoms with Gasteiger partial charge in [0.25, 0.3) is 0 Å². The van der Waals surface area contributed by atoms with Gasteiger partial charge in [0.05, 0.1) is 29.0 Å². The number of benzene rings is 2. The lowest BCUT2D eigenvalue weighted by atomic mass is 10.1. The van der Waals surface area contributed by atoms with E-state index in [9.17, 15) is 18.0 Å². The molecule has 0 bridgehead atoms. The highest BCUT2D eigenvalue weighted by atomic mass is 19.4. The number of nitrogens with one attached hydrogen (secondary N) is 1. The number of alkyl halides is 3. The highest BCUT2D eigenvalue weighted by Crippen LogP contribution is 2.30. The third-order valence-electron chi connectivity index (χ3n) is 4.17. The van der Waals surface area contributed by atoms with Gasteiger partial charge < -0.3 is 4.98 Å². The number of rotatable bonds is 3. The Labute approximate surface area is 157 Å². The second kappa shape index (κ2) is 6.80. The number of H-pyrrole nitrogens is 1. The maximum Gasteiger partial charge on any atom is 0.416 e. The van der Waals surface area contributed by atoms with Crippen molar-refractivity contribution in [1.82, 2.24) is 19.7 Å². The van der Waals surface area contributed by atoms with Gasteiger partial charge in [0.2, 0.25) is 5.43 Å². The van der Waals surface area contributed by atoms with Gasteiger partial charge in [-0.3, -0.25) is 4.79 Å². The smallest absolute Gasteiger partial charge is 0.343 e. The fraction of sp³-hybridized carbons (Fsp3) is 0.0500. The topological polar surface area (TPSA) is 63.6 Å². The first-order valence-electron chi connectivity index (χ1n) is 8.30. The number of nitrogens with zero attached hydrogens (tertiary/aromatic N) is 3. The Morgan fingerprint density at radius 1 is 0.929 bits per heavy atom. The predicted octanol–water partition coefficient (Wildman–Crippen LogP) is 4.31. The molecular weight excluding hydrogens is 369 g/mol. The van der Waals surface area contributed by atoms with Gasteiger partial charge in [-0.15, -0.1) is 0 Å². The maximum atomic E-state index is 13.0. The second-order valence-corrected chi connectivity index (χ2v) is 6.01. The Balaban J connectivity index is 1.83. The number of imidazole rings is 1. The molecule has 0 aliphatic heterocycles. The molecule has 28 heavy (non-hydrogen) atoms. The molecule has 0 saturated carbocycles. The Morgan fingerprint density at radius 3 is 2.46 bits per heavy atom. The van der Waals surface area contributed by atoms with E-state index in [1.807, 2.05) is 30.3 Å². The zero-order valence-electron chi connectivity index (χ0n) is 14.3. The third kappa shape index (κ3) is 3.32. The molecule has 8 heteroatoms. The van der Waals surface area contributed by atoms with Crippen molar-refractivity contribution in [3.05, 3.63) is 89.0 Å². The second-order valence-electron chi connectivity index (χ2n) is 6.01. The number of aromatic nitrogens is 4. The molecular formula is C20H13F3N4O. The zero-order valence-corrected chi connectivity index (χ0v) is 14.3. The molecule has 2 aromatic carbocycles. The number of aromatic amines is 1. The van der Waals surface area contributed by atoms with Crippen molar-refractivity contribution in [3.8, 4) is 28.3 Å². The molecule has 140 valence electrons. The summed E-state index contributed by atoms with van der Waals surface area (Å²) in [6, 6.07) is 15.2. The first-order chi connectivity index (χ1) is 13.4. The van der Waals surface area contributed by atoms with Crippen LogP contribution in [0.3, 0.4) is 0 Å². The summed E-state index contributed by atoms with van der Waals surface area (Å²) in [4.78, 5) is 19.6. The standard InChI is InChI=1S/C20H13F3N4O/c21-20(22,23)14-7-4-8-15(11-14)27-10-9-16(28)18(26-27)19-17(24-12-25-19)13-5-2-1-3-6-13/h1-12H,(H,24,25). The first kappa shape index (κ1) is 17.7. The average Bonchev–Trinajstić information content (AvgIpc) is 3.18. The van der Waals surface area contributed by atoms with Gasteiger partial charge in [0.15, 0.2) is 5.69 Å². The Hall–Kier alpha value is -3.68. The van der Waals surface area contributed by atoms with E-state index in [0.717, 1.165) is 17.7 Å². The average molecular weight is 382 g/mol. The van der Waals surface area contributed by atoms with E-state index < -0.39 is 11.7 Å². The van der Waals surface area contributed by atoms with E-state index in [4.69, 9.17) is 0 Å². The van der Waals surface area contributed by atoms with Gasteiger partial charge in [-0.05, 0) is 18.2 Å². The van der Waals surface area contributed by atoms with Crippen molar-refractivity contribution >= 4 is 0 Å². The van der Waals surface area contributed by atoms with Crippen molar-refractivity contribution in [3.63, 3.8) is 0 Å². The fourth-order valence-corrected chi connectivity index (χ4v) is 2.84. The molecule has 4 rings (SSSR count). The van der Waals surface area contributed by atoms with Gasteiger partial charge in [0.1, 0.15) is 0 Å². The highest BCUT2D eigenvalue weighted by molar-refractivity contribution is 5.75. The van der Waals surface area contributed by atoms with E-state index >= 15 is 0 Å². The number of halogens is 3. The van der Waals surface area contributed by atoms with E-state index in [1.54, 1.807) is 0 Å². The highest BCUT2D eigenvalue weighted by Gasteiger charge is 2.30. The Kier molecular flexibility index (Phi) is 4.31. The van der Waals surface area contributed by atoms with Gasteiger partial charge in [0, 0.05) is 17.8 Å². The molecule has 0 atom stereocenters. The lowest BCUT2D eigenvalue weighted by Crippen LogP contribution is -2.14. The molecule has 2 heterocycles. The van der Waals surface area contributed by atoms with E-state index in [-0.39, 0.29) is 16.8 Å². The minimum atomic E-state index is -4.47. The van der Waals surface area contributed by atoms with Gasteiger partial charge >= 0.3 is 6.18 Å². The SMILES string of the molecule is O=c1ccn(-c2cccc(C(F)(F)F)c2)nc1-c1[nH]cnc1-c1ccccc1. The van der Waals surface area contributed by atoms with Gasteiger partial charge in [-0.1, -0.05) is 36.4 Å². The molecule has 4 aromatic rings. The van der Waals surface area contributed by atoms with Crippen LogP contribution in [0.5, 0.6) is 0 Å². The van der Waals surface area contributed by atoms with Crippen LogP contribution in [0.25, 0.3) is 28.3 Å².